The average molecular weight is 1060 g/mol. The zero-order valence-corrected chi connectivity index (χ0v) is 45.5. The summed E-state index contributed by atoms with van der Waals surface area (Å²) in [4.78, 5) is 60.8. The number of nitrogens with one attached hydrogen (secondary N) is 1. The Hall–Kier alpha value is -7.96. The summed E-state index contributed by atoms with van der Waals surface area (Å²) in [6, 6.07) is 19.7. The number of esters is 1. The highest BCUT2D eigenvalue weighted by molar-refractivity contribution is 5.77. The highest BCUT2D eigenvalue weighted by atomic mass is 16.6. The molecule has 0 radical (unpaired) electrons. The number of rotatable bonds is 16. The highest BCUT2D eigenvalue weighted by Gasteiger charge is 2.56. The van der Waals surface area contributed by atoms with Gasteiger partial charge in [0.1, 0.15) is 34.7 Å². The van der Waals surface area contributed by atoms with Crippen molar-refractivity contribution in [2.24, 2.45) is 35.5 Å². The maximum absolute atomic E-state index is 12.3. The lowest BCUT2D eigenvalue weighted by Crippen LogP contribution is -2.33. The van der Waals surface area contributed by atoms with Crippen LogP contribution in [-0.4, -0.2) is 107 Å². The van der Waals surface area contributed by atoms with E-state index in [1.165, 1.54) is 0 Å². The number of ether oxygens (including phenoxy) is 2. The van der Waals surface area contributed by atoms with Crippen LogP contribution in [0, 0.1) is 59.2 Å². The Morgan fingerprint density at radius 2 is 1.14 bits per heavy atom. The quantitative estimate of drug-likeness (QED) is 0.0689. The second-order valence-electron chi connectivity index (χ2n) is 21.7. The Labute approximate surface area is 455 Å². The molecule has 6 heterocycles. The summed E-state index contributed by atoms with van der Waals surface area (Å²) in [6.07, 6.45) is 8.18. The van der Waals surface area contributed by atoms with Gasteiger partial charge in [-0.05, 0) is 120 Å². The Balaban J connectivity index is 0.000000198. The second kappa shape index (κ2) is 24.2. The minimum Gasteiger partial charge on any atom is -0.454 e. The van der Waals surface area contributed by atoms with Crippen molar-refractivity contribution in [1.82, 2.24) is 44.5 Å². The van der Waals surface area contributed by atoms with Crippen LogP contribution in [0.5, 0.6) is 0 Å². The molecule has 8 atom stereocenters. The first-order valence-electron chi connectivity index (χ1n) is 27.1. The Kier molecular flexibility index (Phi) is 17.0. The number of piperidine rings is 2. The zero-order valence-electron chi connectivity index (χ0n) is 45.5. The summed E-state index contributed by atoms with van der Waals surface area (Å²) in [7, 11) is 0. The molecule has 2 saturated carbocycles. The molecule has 3 amide bonds. The van der Waals surface area contributed by atoms with Gasteiger partial charge in [0.05, 0.1) is 19.5 Å². The molecular weight excluding hydrogens is 991 g/mol. The summed E-state index contributed by atoms with van der Waals surface area (Å²) >= 11 is 0. The number of amides is 3. The molecule has 10 rings (SSSR count). The fraction of sp³-hybridized carbons (Fsp3) is 0.467. The van der Waals surface area contributed by atoms with E-state index < -0.39 is 29.9 Å². The number of fused-ring (bicyclic) bond motifs is 2. The monoisotopic (exact) mass is 1060 g/mol. The number of hydrogen-bond donors (Lipinski definition) is 2. The SMILES string of the molecule is CCCC(=O)N1C[C@@H]2C(C#Cc3ccc(-c4cc(Cn5ccnc5[C@H](C)O)no4)cc3)[C@@H]2C1.CCCC(=O)N1C[C@@H]2C(C#Cc3ccc(-c4cc(Cn5ccnc5[C@H](C)OC(=O)CCNC(=O)OC(C)(C)C)no4)cc3)[C@@H]2C1. The Morgan fingerprint density at radius 1 is 0.692 bits per heavy atom. The molecule has 2 saturated heterocycles. The number of likely N-dealkylation sites (tertiary alicyclic amines) is 2. The predicted octanol–water partition coefficient (Wildman–Crippen LogP) is 8.46. The van der Waals surface area contributed by atoms with Crippen molar-refractivity contribution in [1.29, 1.82) is 0 Å². The molecule has 6 aromatic rings. The average Bonchev–Trinajstić information content (AvgIpc) is 4.06. The van der Waals surface area contributed by atoms with Crippen molar-refractivity contribution in [3.05, 3.63) is 120 Å². The number of imidazole rings is 2. The minimum absolute atomic E-state index is 0.00293. The van der Waals surface area contributed by atoms with Crippen LogP contribution in [0.4, 0.5) is 4.79 Å². The summed E-state index contributed by atoms with van der Waals surface area (Å²) in [5.41, 5.74) is 4.59. The first-order chi connectivity index (χ1) is 37.5. The lowest BCUT2D eigenvalue weighted by atomic mass is 10.1. The highest BCUT2D eigenvalue weighted by Crippen LogP contribution is 2.52. The maximum atomic E-state index is 12.3. The molecule has 0 spiro atoms. The van der Waals surface area contributed by atoms with Crippen molar-refractivity contribution in [2.45, 2.75) is 111 Å². The molecule has 4 fully saturated rings. The van der Waals surface area contributed by atoms with Crippen molar-refractivity contribution in [3.8, 4) is 46.3 Å². The van der Waals surface area contributed by atoms with Gasteiger partial charge in [-0.3, -0.25) is 14.4 Å². The predicted molar refractivity (Wildman–Crippen MR) is 288 cm³/mol. The summed E-state index contributed by atoms with van der Waals surface area (Å²) < 4.78 is 25.6. The molecule has 2 aliphatic carbocycles. The summed E-state index contributed by atoms with van der Waals surface area (Å²) in [6.45, 7) is 17.2. The molecule has 408 valence electrons. The normalized spacial score (nSPS) is 20.4. The van der Waals surface area contributed by atoms with Crippen LogP contribution in [0.3, 0.4) is 0 Å². The molecule has 0 bridgehead atoms. The number of aromatic nitrogens is 6. The van der Waals surface area contributed by atoms with Gasteiger partial charge in [0, 0.05) is 117 Å². The van der Waals surface area contributed by atoms with Gasteiger partial charge >= 0.3 is 12.1 Å². The van der Waals surface area contributed by atoms with Crippen LogP contribution in [0.2, 0.25) is 0 Å². The molecule has 2 N–H and O–H groups in total. The van der Waals surface area contributed by atoms with E-state index in [1.807, 2.05) is 99.6 Å². The number of benzene rings is 2. The van der Waals surface area contributed by atoms with E-state index in [4.69, 9.17) is 18.5 Å². The van der Waals surface area contributed by atoms with E-state index >= 15 is 0 Å². The van der Waals surface area contributed by atoms with Gasteiger partial charge in [0.25, 0.3) is 0 Å². The van der Waals surface area contributed by atoms with Gasteiger partial charge in [-0.15, -0.1) is 0 Å². The number of hydrogen-bond acceptors (Lipinski definition) is 13. The lowest BCUT2D eigenvalue weighted by molar-refractivity contribution is -0.149. The van der Waals surface area contributed by atoms with Crippen LogP contribution in [0.25, 0.3) is 22.6 Å². The minimum atomic E-state index is -0.641. The van der Waals surface area contributed by atoms with Gasteiger partial charge in [-0.2, -0.15) is 0 Å². The van der Waals surface area contributed by atoms with Crippen molar-refractivity contribution >= 4 is 23.9 Å². The van der Waals surface area contributed by atoms with E-state index in [-0.39, 0.29) is 24.8 Å². The summed E-state index contributed by atoms with van der Waals surface area (Å²) in [5, 5.41) is 20.7. The number of aliphatic hydroxyl groups is 1. The third-order valence-electron chi connectivity index (χ3n) is 14.4. The van der Waals surface area contributed by atoms with Crippen LogP contribution in [0.15, 0.2) is 94.5 Å². The molecule has 4 aromatic heterocycles. The second-order valence-corrected chi connectivity index (χ2v) is 21.7. The molecule has 2 unspecified atom stereocenters. The van der Waals surface area contributed by atoms with Crippen LogP contribution in [-0.2, 0) is 36.9 Å². The first kappa shape index (κ1) is 54.8. The van der Waals surface area contributed by atoms with Gasteiger partial charge in [-0.25, -0.2) is 14.8 Å². The third kappa shape index (κ3) is 13.8. The Bertz CT molecular complexity index is 3170. The van der Waals surface area contributed by atoms with E-state index in [0.29, 0.717) is 90.3 Å². The maximum Gasteiger partial charge on any atom is 0.407 e. The standard InChI is InChI=1S/C34H41N5O6.C26H28N4O3/c1-6-7-30(40)39-20-27-26(28(27)21-39)13-10-23-8-11-24(12-9-23)29-18-25(37-45-29)19-38-17-16-35-32(38)22(2)43-31(41)14-15-36-33(42)44-34(3,4)5;1-3-4-25(32)30-15-22-21(23(22)16-30)10-7-18-5-8-19(9-6-18)24-13-20(28-33-24)14-29-12-11-27-26(29)17(2)31/h8-9,11-12,16-18,22,26-28H,6-7,14-15,19-21H2,1-5H3,(H,36,42);5-6,8-9,11-13,17,21-23,31H,3-4,14-16H2,1-2H3/t22-,26?,27-,28+;17-,21?,22-,23+/m00/s1. The van der Waals surface area contributed by atoms with Crippen molar-refractivity contribution in [2.75, 3.05) is 32.7 Å². The van der Waals surface area contributed by atoms with Crippen molar-refractivity contribution < 1.29 is 42.8 Å². The van der Waals surface area contributed by atoms with Crippen LogP contribution in [0.1, 0.15) is 127 Å². The topological polar surface area (TPSA) is 213 Å². The zero-order chi connectivity index (χ0) is 55.1. The van der Waals surface area contributed by atoms with Gasteiger partial charge < -0.3 is 47.9 Å². The first-order valence-corrected chi connectivity index (χ1v) is 27.1. The fourth-order valence-electron chi connectivity index (χ4n) is 10.3. The Morgan fingerprint density at radius 3 is 1.58 bits per heavy atom. The molecule has 2 aromatic carbocycles. The molecule has 78 heavy (non-hydrogen) atoms. The lowest BCUT2D eigenvalue weighted by Gasteiger charge is -2.19. The molecule has 18 nitrogen and oxygen atoms in total. The number of aliphatic hydroxyl groups excluding tert-OH is 1. The van der Waals surface area contributed by atoms with Gasteiger partial charge in [0.2, 0.25) is 11.8 Å². The van der Waals surface area contributed by atoms with Crippen LogP contribution >= 0.6 is 0 Å². The number of carbonyl (C=O) groups is 4. The molecular formula is C60H69N9O9. The van der Waals surface area contributed by atoms with E-state index in [0.717, 1.165) is 67.0 Å². The number of carbonyl (C=O) groups excluding carboxylic acids is 4. The van der Waals surface area contributed by atoms with E-state index in [9.17, 15) is 24.3 Å². The number of nitrogens with zero attached hydrogens (tertiary/aromatic N) is 8. The van der Waals surface area contributed by atoms with Crippen LogP contribution < -0.4 is 5.32 Å². The number of alkyl carbamates (subject to hydrolysis) is 1. The fourth-order valence-corrected chi connectivity index (χ4v) is 10.3. The third-order valence-corrected chi connectivity index (χ3v) is 14.4. The van der Waals surface area contributed by atoms with E-state index in [1.54, 1.807) is 53.2 Å². The van der Waals surface area contributed by atoms with Gasteiger partial charge in [-0.1, -0.05) is 47.8 Å². The van der Waals surface area contributed by atoms with Crippen molar-refractivity contribution in [3.63, 3.8) is 0 Å². The van der Waals surface area contributed by atoms with E-state index in [2.05, 4.69) is 49.3 Å². The molecule has 2 aliphatic heterocycles. The molecule has 18 heteroatoms. The smallest absolute Gasteiger partial charge is 0.407 e. The summed E-state index contributed by atoms with van der Waals surface area (Å²) in [5.74, 6) is 19.0. The largest absolute Gasteiger partial charge is 0.454 e. The molecule has 4 aliphatic rings. The van der Waals surface area contributed by atoms with Gasteiger partial charge in [0.15, 0.2) is 17.6 Å².